The van der Waals surface area contributed by atoms with E-state index in [9.17, 15) is 0 Å². The van der Waals surface area contributed by atoms with Gasteiger partial charge in [-0.25, -0.2) is 5.01 Å². The van der Waals surface area contributed by atoms with E-state index in [1.807, 2.05) is 41.5 Å². The van der Waals surface area contributed by atoms with Crippen molar-refractivity contribution in [2.24, 2.45) is 5.10 Å². The molecule has 0 aliphatic carbocycles. The van der Waals surface area contributed by atoms with E-state index in [2.05, 4.69) is 71.1 Å². The Hall–Kier alpha value is -3.27. The summed E-state index contributed by atoms with van der Waals surface area (Å²) in [7, 11) is 0. The van der Waals surface area contributed by atoms with Crippen molar-refractivity contribution >= 4 is 17.2 Å². The van der Waals surface area contributed by atoms with Crippen molar-refractivity contribution in [2.45, 2.75) is 6.92 Å². The fourth-order valence-electron chi connectivity index (χ4n) is 2.80. The zero-order valence-electron chi connectivity index (χ0n) is 13.4. The molecule has 0 unspecified atom stereocenters. The average molecular weight is 314 g/mol. The highest BCUT2D eigenvalue weighted by atomic mass is 15.9. The van der Waals surface area contributed by atoms with Crippen LogP contribution in [0, 0.1) is 6.92 Å². The molecule has 0 atom stereocenters. The van der Waals surface area contributed by atoms with Gasteiger partial charge in [0.15, 0.2) is 5.84 Å². The van der Waals surface area contributed by atoms with E-state index in [-0.39, 0.29) is 0 Å². The molecule has 0 aromatic heterocycles. The summed E-state index contributed by atoms with van der Waals surface area (Å²) in [6.45, 7) is 2.10. The van der Waals surface area contributed by atoms with Crippen LogP contribution in [0.3, 0.4) is 0 Å². The Kier molecular flexibility index (Phi) is 3.63. The normalized spacial score (nSPS) is 13.6. The first kappa shape index (κ1) is 14.3. The lowest BCUT2D eigenvalue weighted by atomic mass is 10.1. The number of para-hydroxylation sites is 1. The lowest BCUT2D eigenvalue weighted by Crippen LogP contribution is -2.46. The van der Waals surface area contributed by atoms with Gasteiger partial charge in [0.25, 0.3) is 0 Å². The highest BCUT2D eigenvalue weighted by Crippen LogP contribution is 2.27. The topological polar surface area (TPSA) is 30.9 Å². The Balaban J connectivity index is 1.81. The van der Waals surface area contributed by atoms with Crippen LogP contribution in [-0.2, 0) is 0 Å². The maximum atomic E-state index is 4.57. The first-order valence-electron chi connectivity index (χ1n) is 7.93. The van der Waals surface area contributed by atoms with Gasteiger partial charge in [-0.3, -0.25) is 0 Å². The molecule has 4 rings (SSSR count). The van der Waals surface area contributed by atoms with E-state index in [4.69, 9.17) is 0 Å². The molecule has 24 heavy (non-hydrogen) atoms. The number of hydrogen-bond acceptors (Lipinski definition) is 4. The molecule has 0 saturated carbocycles. The van der Waals surface area contributed by atoms with Crippen LogP contribution in [0.1, 0.15) is 11.1 Å². The Morgan fingerprint density at radius 2 is 1.42 bits per heavy atom. The van der Waals surface area contributed by atoms with Gasteiger partial charge in [-0.2, -0.15) is 10.7 Å². The number of amidine groups is 1. The molecule has 1 N–H and O–H groups in total. The number of benzene rings is 3. The number of rotatable bonds is 3. The van der Waals surface area contributed by atoms with Gasteiger partial charge in [0.1, 0.15) is 0 Å². The monoisotopic (exact) mass is 314 g/mol. The molecular weight excluding hydrogens is 296 g/mol. The number of nitrogens with zero attached hydrogens (tertiary/aromatic N) is 3. The van der Waals surface area contributed by atoms with Gasteiger partial charge in [0.2, 0.25) is 0 Å². The van der Waals surface area contributed by atoms with Crippen LogP contribution in [0.15, 0.2) is 90.0 Å². The van der Waals surface area contributed by atoms with Crippen LogP contribution in [0.5, 0.6) is 0 Å². The van der Waals surface area contributed by atoms with Crippen LogP contribution in [0.2, 0.25) is 0 Å². The van der Waals surface area contributed by atoms with Crippen molar-refractivity contribution in [1.29, 1.82) is 0 Å². The smallest absolute Gasteiger partial charge is 0.182 e. The number of nitrogens with one attached hydrogen (secondary N) is 1. The highest BCUT2D eigenvalue weighted by Gasteiger charge is 2.28. The number of anilines is 2. The fourth-order valence-corrected chi connectivity index (χ4v) is 2.80. The molecule has 4 heteroatoms. The molecule has 3 aromatic carbocycles. The summed E-state index contributed by atoms with van der Waals surface area (Å²) in [5.74, 6) is 0.866. The average Bonchev–Trinajstić information content (AvgIpc) is 3.08. The van der Waals surface area contributed by atoms with E-state index in [1.54, 1.807) is 0 Å². The van der Waals surface area contributed by atoms with Gasteiger partial charge >= 0.3 is 0 Å². The molecule has 3 aromatic rings. The number of hydrazone groups is 1. The summed E-state index contributed by atoms with van der Waals surface area (Å²) >= 11 is 0. The Bertz CT molecular complexity index is 859. The van der Waals surface area contributed by atoms with Crippen LogP contribution in [-0.4, -0.2) is 5.84 Å². The van der Waals surface area contributed by atoms with E-state index >= 15 is 0 Å². The number of aryl methyl sites for hydroxylation is 1. The van der Waals surface area contributed by atoms with Gasteiger partial charge < -0.3 is 0 Å². The second-order valence-corrected chi connectivity index (χ2v) is 5.70. The standard InChI is InChI=1S/C20H18N4/c1-16-9-8-14-19(15-16)23-20(17-10-4-2-5-11-17)21-22-24(23)18-12-6-3-7-13-18/h2-15,22H,1H3. The van der Waals surface area contributed by atoms with Gasteiger partial charge in [-0.15, -0.1) is 5.10 Å². The molecule has 1 aliphatic heterocycles. The first-order valence-corrected chi connectivity index (χ1v) is 7.93. The van der Waals surface area contributed by atoms with Crippen molar-refractivity contribution in [3.05, 3.63) is 96.1 Å². The molecule has 0 radical (unpaired) electrons. The minimum absolute atomic E-state index is 0.866. The van der Waals surface area contributed by atoms with Crippen LogP contribution < -0.4 is 15.7 Å². The van der Waals surface area contributed by atoms with E-state index in [1.165, 1.54) is 5.56 Å². The number of hydrogen-bond donors (Lipinski definition) is 1. The van der Waals surface area contributed by atoms with Crippen molar-refractivity contribution in [2.75, 3.05) is 10.1 Å². The molecule has 0 saturated heterocycles. The summed E-state index contributed by atoms with van der Waals surface area (Å²) in [5, 5.41) is 8.62. The third-order valence-electron chi connectivity index (χ3n) is 3.93. The summed E-state index contributed by atoms with van der Waals surface area (Å²) in [4.78, 5) is 0. The molecule has 0 bridgehead atoms. The summed E-state index contributed by atoms with van der Waals surface area (Å²) in [6, 6.07) is 28.8. The largest absolute Gasteiger partial charge is 0.213 e. The van der Waals surface area contributed by atoms with E-state index in [0.29, 0.717) is 0 Å². The zero-order chi connectivity index (χ0) is 16.4. The Morgan fingerprint density at radius 3 is 2.12 bits per heavy atom. The summed E-state index contributed by atoms with van der Waals surface area (Å²) in [5.41, 5.74) is 7.49. The van der Waals surface area contributed by atoms with Crippen molar-refractivity contribution in [1.82, 2.24) is 5.53 Å². The second kappa shape index (κ2) is 6.08. The minimum Gasteiger partial charge on any atom is -0.213 e. The lowest BCUT2D eigenvalue weighted by molar-refractivity contribution is 0.723. The third-order valence-corrected chi connectivity index (χ3v) is 3.93. The van der Waals surface area contributed by atoms with Gasteiger partial charge in [-0.05, 0) is 36.8 Å². The lowest BCUT2D eigenvalue weighted by Gasteiger charge is -2.30. The molecular formula is C20H18N4. The highest BCUT2D eigenvalue weighted by molar-refractivity contribution is 6.12. The van der Waals surface area contributed by atoms with Crippen LogP contribution in [0.4, 0.5) is 11.4 Å². The molecule has 1 heterocycles. The van der Waals surface area contributed by atoms with Crippen LogP contribution >= 0.6 is 0 Å². The van der Waals surface area contributed by atoms with Crippen molar-refractivity contribution in [3.8, 4) is 0 Å². The van der Waals surface area contributed by atoms with Crippen molar-refractivity contribution < 1.29 is 0 Å². The SMILES string of the molecule is Cc1cccc(N2C(c3ccccc3)=NNN2c2ccccc2)c1. The van der Waals surface area contributed by atoms with E-state index in [0.717, 1.165) is 22.8 Å². The first-order chi connectivity index (χ1) is 11.8. The molecule has 0 spiro atoms. The quantitative estimate of drug-likeness (QED) is 0.789. The predicted octanol–water partition coefficient (Wildman–Crippen LogP) is 4.10. The van der Waals surface area contributed by atoms with Gasteiger partial charge in [0, 0.05) is 5.56 Å². The van der Waals surface area contributed by atoms with Gasteiger partial charge in [0.05, 0.1) is 11.4 Å². The molecule has 4 nitrogen and oxygen atoms in total. The predicted molar refractivity (Wildman–Crippen MR) is 98.7 cm³/mol. The summed E-state index contributed by atoms with van der Waals surface area (Å²) < 4.78 is 0. The molecule has 0 amide bonds. The minimum atomic E-state index is 0.866. The molecule has 1 aliphatic rings. The third kappa shape index (κ3) is 2.58. The zero-order valence-corrected chi connectivity index (χ0v) is 13.4. The van der Waals surface area contributed by atoms with E-state index < -0.39 is 0 Å². The second-order valence-electron chi connectivity index (χ2n) is 5.70. The van der Waals surface area contributed by atoms with Crippen LogP contribution in [0.25, 0.3) is 0 Å². The maximum Gasteiger partial charge on any atom is 0.182 e. The molecule has 0 fully saturated rings. The Morgan fingerprint density at radius 1 is 0.750 bits per heavy atom. The fraction of sp³-hybridized carbons (Fsp3) is 0.0500. The van der Waals surface area contributed by atoms with Gasteiger partial charge in [-0.1, -0.05) is 60.7 Å². The molecule has 118 valence electrons. The van der Waals surface area contributed by atoms with Crippen molar-refractivity contribution in [3.63, 3.8) is 0 Å². The number of hydrazine groups is 2. The maximum absolute atomic E-state index is 4.57. The summed E-state index contributed by atoms with van der Waals surface area (Å²) in [6.07, 6.45) is 0. The Labute approximate surface area is 141 Å².